The Balaban J connectivity index is 1.20. The van der Waals surface area contributed by atoms with Crippen molar-refractivity contribution in [3.63, 3.8) is 0 Å². The number of para-hydroxylation sites is 1. The van der Waals surface area contributed by atoms with Crippen molar-refractivity contribution in [3.8, 4) is 5.69 Å². The normalized spacial score (nSPS) is 21.1. The first-order valence-electron chi connectivity index (χ1n) is 11.2. The van der Waals surface area contributed by atoms with Gasteiger partial charge in [-0.25, -0.2) is 4.68 Å². The summed E-state index contributed by atoms with van der Waals surface area (Å²) < 4.78 is 10.2. The maximum Gasteiger partial charge on any atom is 0.230 e. The van der Waals surface area contributed by atoms with E-state index in [0.717, 1.165) is 56.6 Å². The van der Waals surface area contributed by atoms with E-state index in [0.29, 0.717) is 13.2 Å². The second kappa shape index (κ2) is 7.05. The summed E-state index contributed by atoms with van der Waals surface area (Å²) >= 11 is 0. The predicted molar refractivity (Wildman–Crippen MR) is 115 cm³/mol. The van der Waals surface area contributed by atoms with E-state index in [4.69, 9.17) is 9.84 Å². The van der Waals surface area contributed by atoms with E-state index in [9.17, 15) is 4.79 Å². The monoisotopic (exact) mass is 417 g/mol. The van der Waals surface area contributed by atoms with E-state index in [2.05, 4.69) is 23.4 Å². The molecule has 6 rings (SSSR count). The molecule has 1 saturated carbocycles. The van der Waals surface area contributed by atoms with E-state index in [1.807, 2.05) is 44.7 Å². The quantitative estimate of drug-likeness (QED) is 0.655. The molecule has 31 heavy (non-hydrogen) atoms. The lowest BCUT2D eigenvalue weighted by Gasteiger charge is -2.43. The van der Waals surface area contributed by atoms with Crippen molar-refractivity contribution in [2.75, 3.05) is 19.7 Å². The molecular formula is C24H27N5O2. The average molecular weight is 418 g/mol. The van der Waals surface area contributed by atoms with Crippen LogP contribution in [0.4, 0.5) is 0 Å². The maximum atomic E-state index is 13.3. The maximum absolute atomic E-state index is 13.3. The third-order valence-electron chi connectivity index (χ3n) is 7.18. The number of amides is 1. The number of fused-ring (bicyclic) bond motifs is 2. The number of aromatic nitrogens is 4. The topological polar surface area (TPSA) is 65.2 Å². The van der Waals surface area contributed by atoms with E-state index in [1.165, 1.54) is 5.56 Å². The molecule has 1 aliphatic carbocycles. The van der Waals surface area contributed by atoms with Crippen molar-refractivity contribution in [1.82, 2.24) is 24.5 Å². The van der Waals surface area contributed by atoms with E-state index in [1.54, 1.807) is 6.20 Å². The minimum atomic E-state index is -0.372. The molecule has 160 valence electrons. The summed E-state index contributed by atoms with van der Waals surface area (Å²) in [4.78, 5) is 15.4. The van der Waals surface area contributed by atoms with E-state index < -0.39 is 0 Å². The summed E-state index contributed by atoms with van der Waals surface area (Å²) in [5, 5.41) is 9.26. The fourth-order valence-electron chi connectivity index (χ4n) is 5.20. The molecule has 7 heteroatoms. The van der Waals surface area contributed by atoms with Crippen LogP contribution < -0.4 is 0 Å². The van der Waals surface area contributed by atoms with Crippen molar-refractivity contribution in [3.05, 3.63) is 66.2 Å². The number of hydrogen-bond donors (Lipinski definition) is 0. The van der Waals surface area contributed by atoms with Gasteiger partial charge in [-0.3, -0.25) is 9.48 Å². The molecule has 0 bridgehead atoms. The van der Waals surface area contributed by atoms with Crippen LogP contribution in [-0.4, -0.2) is 50.1 Å². The summed E-state index contributed by atoms with van der Waals surface area (Å²) in [7, 11) is 0. The van der Waals surface area contributed by atoms with Gasteiger partial charge in [0.15, 0.2) is 0 Å². The number of ether oxygens (including phenoxy) is 1. The van der Waals surface area contributed by atoms with Gasteiger partial charge in [0.1, 0.15) is 5.60 Å². The molecular weight excluding hydrogens is 390 g/mol. The summed E-state index contributed by atoms with van der Waals surface area (Å²) in [5.74, 6) is 0.281. The molecule has 0 radical (unpaired) electrons. The molecule has 1 amide bonds. The molecule has 0 atom stereocenters. The van der Waals surface area contributed by atoms with Crippen LogP contribution in [-0.2, 0) is 28.1 Å². The summed E-state index contributed by atoms with van der Waals surface area (Å²) in [5.41, 5.74) is 2.76. The number of carbonyl (C=O) groups is 1. The Morgan fingerprint density at radius 2 is 1.87 bits per heavy atom. The Labute approximate surface area is 181 Å². The van der Waals surface area contributed by atoms with Gasteiger partial charge in [0.25, 0.3) is 0 Å². The van der Waals surface area contributed by atoms with Crippen LogP contribution in [0, 0.1) is 5.41 Å². The second-order valence-electron chi connectivity index (χ2n) is 9.15. The largest absolute Gasteiger partial charge is 0.368 e. The molecule has 4 heterocycles. The zero-order chi connectivity index (χ0) is 20.9. The minimum Gasteiger partial charge on any atom is -0.368 e. The SMILES string of the molecule is O=C(N1CCC2(CC1)OCCc1cn(-c3ccccc3)nc12)C1(Cn2cccn2)CC1. The number of hydrogen-bond acceptors (Lipinski definition) is 4. The number of rotatable bonds is 4. The second-order valence-corrected chi connectivity index (χ2v) is 9.15. The Bertz CT molecular complexity index is 1080. The van der Waals surface area contributed by atoms with Crippen molar-refractivity contribution in [2.45, 2.75) is 44.2 Å². The predicted octanol–water partition coefficient (Wildman–Crippen LogP) is 2.94. The fourth-order valence-corrected chi connectivity index (χ4v) is 5.20. The van der Waals surface area contributed by atoms with Crippen molar-refractivity contribution in [2.24, 2.45) is 5.41 Å². The highest BCUT2D eigenvalue weighted by Crippen LogP contribution is 2.50. The number of benzene rings is 1. The zero-order valence-electron chi connectivity index (χ0n) is 17.6. The summed E-state index contributed by atoms with van der Waals surface area (Å²) in [6, 6.07) is 12.1. The van der Waals surface area contributed by atoms with Crippen molar-refractivity contribution < 1.29 is 9.53 Å². The van der Waals surface area contributed by atoms with E-state index in [-0.39, 0.29) is 16.9 Å². The van der Waals surface area contributed by atoms with Gasteiger partial charge in [0, 0.05) is 31.7 Å². The first kappa shape index (κ1) is 18.8. The first-order chi connectivity index (χ1) is 15.2. The fraction of sp³-hybridized carbons (Fsp3) is 0.458. The van der Waals surface area contributed by atoms with Gasteiger partial charge >= 0.3 is 0 Å². The van der Waals surface area contributed by atoms with Gasteiger partial charge in [-0.1, -0.05) is 18.2 Å². The molecule has 3 aromatic rings. The van der Waals surface area contributed by atoms with Crippen molar-refractivity contribution in [1.29, 1.82) is 0 Å². The third-order valence-corrected chi connectivity index (χ3v) is 7.18. The molecule has 1 saturated heterocycles. The first-order valence-corrected chi connectivity index (χ1v) is 11.2. The lowest BCUT2D eigenvalue weighted by molar-refractivity contribution is -0.147. The van der Waals surface area contributed by atoms with Crippen LogP contribution in [0.15, 0.2) is 55.0 Å². The Morgan fingerprint density at radius 3 is 2.58 bits per heavy atom. The van der Waals surface area contributed by atoms with Crippen LogP contribution in [0.1, 0.15) is 36.9 Å². The molecule has 2 aliphatic heterocycles. The van der Waals surface area contributed by atoms with Gasteiger partial charge < -0.3 is 9.64 Å². The van der Waals surface area contributed by atoms with E-state index >= 15 is 0 Å². The molecule has 1 spiro atoms. The third kappa shape index (κ3) is 3.19. The average Bonchev–Trinajstić information content (AvgIpc) is 3.19. The highest BCUT2D eigenvalue weighted by atomic mass is 16.5. The van der Waals surface area contributed by atoms with Crippen LogP contribution in [0.2, 0.25) is 0 Å². The Morgan fingerprint density at radius 1 is 1.06 bits per heavy atom. The molecule has 2 fully saturated rings. The molecule has 2 aromatic heterocycles. The van der Waals surface area contributed by atoms with Gasteiger partial charge in [-0.15, -0.1) is 0 Å². The highest BCUT2D eigenvalue weighted by Gasteiger charge is 2.54. The smallest absolute Gasteiger partial charge is 0.230 e. The molecule has 3 aliphatic rings. The molecule has 1 aromatic carbocycles. The van der Waals surface area contributed by atoms with Crippen LogP contribution in [0.25, 0.3) is 5.69 Å². The summed E-state index contributed by atoms with van der Waals surface area (Å²) in [6.45, 7) is 2.84. The Hall–Kier alpha value is -2.93. The van der Waals surface area contributed by atoms with Gasteiger partial charge in [0.2, 0.25) is 5.91 Å². The zero-order valence-corrected chi connectivity index (χ0v) is 17.6. The molecule has 7 nitrogen and oxygen atoms in total. The molecule has 0 unspecified atom stereocenters. The lowest BCUT2D eigenvalue weighted by Crippen LogP contribution is -2.50. The number of nitrogens with zero attached hydrogens (tertiary/aromatic N) is 5. The van der Waals surface area contributed by atoms with Gasteiger partial charge in [-0.05, 0) is 55.9 Å². The standard InChI is InChI=1S/C24H27N5O2/c30-22(23(8-9-23)18-28-13-4-12-25-28)27-14-10-24(11-15-27)21-19(7-16-31-24)17-29(26-21)20-5-2-1-3-6-20/h1-6,12-13,17H,7-11,14-16,18H2. The summed E-state index contributed by atoms with van der Waals surface area (Å²) in [6.07, 6.45) is 10.3. The molecule has 0 N–H and O–H groups in total. The highest BCUT2D eigenvalue weighted by molar-refractivity contribution is 5.85. The number of likely N-dealkylation sites (tertiary alicyclic amines) is 1. The Kier molecular flexibility index (Phi) is 4.28. The number of piperidine rings is 1. The van der Waals surface area contributed by atoms with Crippen molar-refractivity contribution >= 4 is 5.91 Å². The van der Waals surface area contributed by atoms with Crippen LogP contribution in [0.3, 0.4) is 0 Å². The number of carbonyl (C=O) groups excluding carboxylic acids is 1. The van der Waals surface area contributed by atoms with Crippen LogP contribution in [0.5, 0.6) is 0 Å². The van der Waals surface area contributed by atoms with Gasteiger partial charge in [0.05, 0.1) is 29.9 Å². The van der Waals surface area contributed by atoms with Crippen LogP contribution >= 0.6 is 0 Å². The van der Waals surface area contributed by atoms with Gasteiger partial charge in [-0.2, -0.15) is 10.2 Å². The minimum absolute atomic E-state index is 0.260. The lowest BCUT2D eigenvalue weighted by atomic mass is 9.83.